The lowest BCUT2D eigenvalue weighted by molar-refractivity contribution is -0.171. The molecule has 4 heteroatoms. The fourth-order valence-electron chi connectivity index (χ4n) is 2.36. The quantitative estimate of drug-likeness (QED) is 0.516. The van der Waals surface area contributed by atoms with Gasteiger partial charge in [0.2, 0.25) is 0 Å². The summed E-state index contributed by atoms with van der Waals surface area (Å²) in [5.41, 5.74) is 3.46. The minimum atomic E-state index is -3.08. The van der Waals surface area contributed by atoms with Gasteiger partial charge in [-0.1, -0.05) is 83.5 Å². The minimum absolute atomic E-state index is 0.237. The van der Waals surface area contributed by atoms with E-state index >= 15 is 0 Å². The SMILES string of the molecule is CC.CC.CN1CC(F)(F)Oc2ccccc21.Cc1ccc(C(C)C)cc1. The maximum absolute atomic E-state index is 12.9. The molecule has 0 aliphatic carbocycles. The number of anilines is 1. The number of hydrogen-bond donors (Lipinski definition) is 0. The highest BCUT2D eigenvalue weighted by atomic mass is 19.3. The van der Waals surface area contributed by atoms with Crippen LogP contribution in [0.5, 0.6) is 5.75 Å². The third kappa shape index (κ3) is 8.42. The predicted molar refractivity (Wildman–Crippen MR) is 113 cm³/mol. The van der Waals surface area contributed by atoms with Crippen LogP contribution in [0.25, 0.3) is 0 Å². The number of fused-ring (bicyclic) bond motifs is 1. The molecular formula is C23H35F2NO. The van der Waals surface area contributed by atoms with E-state index < -0.39 is 12.7 Å². The van der Waals surface area contributed by atoms with Crippen molar-refractivity contribution in [2.75, 3.05) is 18.5 Å². The van der Waals surface area contributed by atoms with E-state index in [-0.39, 0.29) is 5.75 Å². The largest absolute Gasteiger partial charge is 0.429 e. The van der Waals surface area contributed by atoms with Crippen molar-refractivity contribution in [3.05, 3.63) is 59.7 Å². The first-order valence-corrected chi connectivity index (χ1v) is 9.72. The van der Waals surface area contributed by atoms with E-state index in [2.05, 4.69) is 49.8 Å². The van der Waals surface area contributed by atoms with Crippen molar-refractivity contribution in [1.82, 2.24) is 0 Å². The maximum atomic E-state index is 12.9. The molecule has 0 bridgehead atoms. The van der Waals surface area contributed by atoms with Gasteiger partial charge in [-0.05, 0) is 30.5 Å². The fourth-order valence-corrected chi connectivity index (χ4v) is 2.36. The summed E-state index contributed by atoms with van der Waals surface area (Å²) >= 11 is 0. The summed E-state index contributed by atoms with van der Waals surface area (Å²) in [7, 11) is 1.62. The van der Waals surface area contributed by atoms with Gasteiger partial charge in [-0.25, -0.2) is 0 Å². The molecule has 1 heterocycles. The van der Waals surface area contributed by atoms with E-state index in [9.17, 15) is 8.78 Å². The van der Waals surface area contributed by atoms with Crippen molar-refractivity contribution in [1.29, 1.82) is 0 Å². The Morgan fingerprint density at radius 2 is 1.44 bits per heavy atom. The van der Waals surface area contributed by atoms with Crippen molar-refractivity contribution in [3.63, 3.8) is 0 Å². The summed E-state index contributed by atoms with van der Waals surface area (Å²) in [4.78, 5) is 1.48. The maximum Gasteiger partial charge on any atom is 0.415 e. The van der Waals surface area contributed by atoms with Crippen LogP contribution in [0.2, 0.25) is 0 Å². The second-order valence-electron chi connectivity index (χ2n) is 6.13. The molecule has 0 N–H and O–H groups in total. The van der Waals surface area contributed by atoms with Crippen molar-refractivity contribution in [2.45, 2.75) is 60.5 Å². The van der Waals surface area contributed by atoms with E-state index in [1.807, 2.05) is 27.7 Å². The third-order valence-electron chi connectivity index (χ3n) is 3.70. The molecule has 0 saturated carbocycles. The Bertz CT molecular complexity index is 639. The van der Waals surface area contributed by atoms with Crippen LogP contribution >= 0.6 is 0 Å². The van der Waals surface area contributed by atoms with E-state index in [0.29, 0.717) is 11.6 Å². The molecule has 0 amide bonds. The van der Waals surface area contributed by atoms with Gasteiger partial charge >= 0.3 is 6.11 Å². The van der Waals surface area contributed by atoms with E-state index in [4.69, 9.17) is 0 Å². The van der Waals surface area contributed by atoms with Crippen LogP contribution in [-0.4, -0.2) is 19.7 Å². The first-order valence-electron chi connectivity index (χ1n) is 9.72. The smallest absolute Gasteiger partial charge is 0.415 e. The zero-order chi connectivity index (χ0) is 21.0. The number of likely N-dealkylation sites (N-methyl/N-ethyl adjacent to an activating group) is 1. The van der Waals surface area contributed by atoms with E-state index in [1.54, 1.807) is 31.3 Å². The van der Waals surface area contributed by atoms with Crippen molar-refractivity contribution in [3.8, 4) is 5.75 Å². The molecule has 0 saturated heterocycles. The number of nitrogens with zero attached hydrogens (tertiary/aromatic N) is 1. The topological polar surface area (TPSA) is 12.5 Å². The van der Waals surface area contributed by atoms with Gasteiger partial charge in [-0.3, -0.25) is 0 Å². The summed E-state index contributed by atoms with van der Waals surface area (Å²) in [5.74, 6) is 0.891. The van der Waals surface area contributed by atoms with Gasteiger partial charge in [0.15, 0.2) is 0 Å². The molecule has 0 radical (unpaired) electrons. The molecule has 152 valence electrons. The standard InChI is InChI=1S/C10H14.C9H9F2NO.2C2H6/c1-8(2)10-6-4-9(3)5-7-10;1-12-6-9(10,11)13-8-5-3-2-4-7(8)12;2*1-2/h4-8H,1-3H3;2-5H,6H2,1H3;2*1-2H3. The van der Waals surface area contributed by atoms with Gasteiger partial charge < -0.3 is 9.64 Å². The van der Waals surface area contributed by atoms with E-state index in [0.717, 1.165) is 0 Å². The van der Waals surface area contributed by atoms with Gasteiger partial charge in [0, 0.05) is 7.05 Å². The molecule has 0 fully saturated rings. The number of rotatable bonds is 1. The average Bonchev–Trinajstić information content (AvgIpc) is 2.65. The number of alkyl halides is 2. The van der Waals surface area contributed by atoms with Gasteiger partial charge in [0.1, 0.15) is 12.3 Å². The monoisotopic (exact) mass is 379 g/mol. The molecule has 27 heavy (non-hydrogen) atoms. The minimum Gasteiger partial charge on any atom is -0.429 e. The Balaban J connectivity index is 0.000000434. The lowest BCUT2D eigenvalue weighted by atomic mass is 10.0. The van der Waals surface area contributed by atoms with Crippen LogP contribution in [0.3, 0.4) is 0 Å². The number of hydrogen-bond acceptors (Lipinski definition) is 2. The van der Waals surface area contributed by atoms with Crippen LogP contribution in [0.15, 0.2) is 48.5 Å². The van der Waals surface area contributed by atoms with E-state index in [1.165, 1.54) is 16.0 Å². The molecule has 1 aliphatic heterocycles. The summed E-state index contributed by atoms with van der Waals surface area (Å²) in [6.45, 7) is 14.1. The summed E-state index contributed by atoms with van der Waals surface area (Å²) in [5, 5.41) is 0. The number of benzene rings is 2. The predicted octanol–water partition coefficient (Wildman–Crippen LogP) is 7.28. The number of halogens is 2. The Kier molecular flexibility index (Phi) is 11.4. The Morgan fingerprint density at radius 3 is 1.96 bits per heavy atom. The Morgan fingerprint density at radius 1 is 0.926 bits per heavy atom. The summed E-state index contributed by atoms with van der Waals surface area (Å²) in [6, 6.07) is 15.5. The van der Waals surface area contributed by atoms with Crippen LogP contribution in [-0.2, 0) is 0 Å². The molecule has 2 aromatic rings. The molecule has 2 aromatic carbocycles. The van der Waals surface area contributed by atoms with Crippen LogP contribution in [0.4, 0.5) is 14.5 Å². The van der Waals surface area contributed by atoms with Gasteiger partial charge in [0.25, 0.3) is 0 Å². The van der Waals surface area contributed by atoms with Crippen LogP contribution in [0.1, 0.15) is 58.6 Å². The third-order valence-corrected chi connectivity index (χ3v) is 3.70. The van der Waals surface area contributed by atoms with Crippen molar-refractivity contribution >= 4 is 5.69 Å². The number of aryl methyl sites for hydroxylation is 1. The molecular weight excluding hydrogens is 344 g/mol. The highest BCUT2D eigenvalue weighted by Crippen LogP contribution is 2.36. The van der Waals surface area contributed by atoms with Gasteiger partial charge in [-0.15, -0.1) is 0 Å². The molecule has 3 rings (SSSR count). The molecule has 0 aromatic heterocycles. The highest BCUT2D eigenvalue weighted by molar-refractivity contribution is 5.59. The first-order chi connectivity index (χ1) is 12.8. The van der Waals surface area contributed by atoms with Gasteiger partial charge in [-0.2, -0.15) is 8.78 Å². The zero-order valence-corrected chi connectivity index (χ0v) is 18.0. The summed E-state index contributed by atoms with van der Waals surface area (Å²) < 4.78 is 30.3. The second-order valence-corrected chi connectivity index (χ2v) is 6.13. The molecule has 0 spiro atoms. The lowest BCUT2D eigenvalue weighted by Crippen LogP contribution is -2.43. The van der Waals surface area contributed by atoms with Gasteiger partial charge in [0.05, 0.1) is 5.69 Å². The molecule has 2 nitrogen and oxygen atoms in total. The molecule has 1 aliphatic rings. The van der Waals surface area contributed by atoms with Crippen molar-refractivity contribution in [2.24, 2.45) is 0 Å². The van der Waals surface area contributed by atoms with Crippen LogP contribution in [0, 0.1) is 6.92 Å². The molecule has 0 unspecified atom stereocenters. The normalized spacial score (nSPS) is 13.5. The number of ether oxygens (including phenoxy) is 1. The Labute approximate surface area is 164 Å². The van der Waals surface area contributed by atoms with Crippen LogP contribution < -0.4 is 9.64 Å². The zero-order valence-electron chi connectivity index (χ0n) is 18.0. The number of para-hydroxylation sites is 2. The fraction of sp³-hybridized carbons (Fsp3) is 0.478. The highest BCUT2D eigenvalue weighted by Gasteiger charge is 2.38. The second kappa shape index (κ2) is 12.3. The Hall–Kier alpha value is -2.10. The lowest BCUT2D eigenvalue weighted by Gasteiger charge is -2.32. The molecule has 0 atom stereocenters. The average molecular weight is 380 g/mol. The first kappa shape index (κ1) is 24.9. The summed E-state index contributed by atoms with van der Waals surface area (Å²) in [6.07, 6.45) is -3.08. The van der Waals surface area contributed by atoms with Crippen molar-refractivity contribution < 1.29 is 13.5 Å².